The van der Waals surface area contributed by atoms with Crippen molar-refractivity contribution in [1.29, 1.82) is 0 Å². The predicted molar refractivity (Wildman–Crippen MR) is 75.7 cm³/mol. The first-order valence-electron chi connectivity index (χ1n) is 6.08. The summed E-state index contributed by atoms with van der Waals surface area (Å²) in [6.45, 7) is 1.95. The number of halogens is 2. The zero-order valence-corrected chi connectivity index (χ0v) is 12.0. The number of hydrogen-bond donors (Lipinski definition) is 1. The maximum Gasteiger partial charge on any atom is 0.250 e. The number of anilines is 1. The number of nitrogens with zero attached hydrogens (tertiary/aromatic N) is 1. The SMILES string of the molecule is CCCC1NC(=O)CN(c2ccc(Cl)cc2Cl)C1=O. The predicted octanol–water partition coefficient (Wildman–Crippen LogP) is 2.62. The fraction of sp³-hybridized carbons (Fsp3) is 0.385. The average molecular weight is 301 g/mol. The Morgan fingerprint density at radius 1 is 1.37 bits per heavy atom. The van der Waals surface area contributed by atoms with Crippen molar-refractivity contribution in [3.63, 3.8) is 0 Å². The molecule has 19 heavy (non-hydrogen) atoms. The second-order valence-electron chi connectivity index (χ2n) is 4.43. The van der Waals surface area contributed by atoms with Gasteiger partial charge in [-0.05, 0) is 24.6 Å². The Kier molecular flexibility index (Phi) is 4.32. The molecule has 2 rings (SSSR count). The highest BCUT2D eigenvalue weighted by Crippen LogP contribution is 2.30. The van der Waals surface area contributed by atoms with Gasteiger partial charge in [0.1, 0.15) is 12.6 Å². The van der Waals surface area contributed by atoms with Gasteiger partial charge in [-0.3, -0.25) is 14.5 Å². The van der Waals surface area contributed by atoms with Crippen LogP contribution in [0.1, 0.15) is 19.8 Å². The number of hydrogen-bond acceptors (Lipinski definition) is 2. The van der Waals surface area contributed by atoms with E-state index in [0.717, 1.165) is 6.42 Å². The molecule has 102 valence electrons. The summed E-state index contributed by atoms with van der Waals surface area (Å²) in [5, 5.41) is 3.56. The summed E-state index contributed by atoms with van der Waals surface area (Å²) in [4.78, 5) is 25.4. The van der Waals surface area contributed by atoms with E-state index in [1.165, 1.54) is 4.90 Å². The van der Waals surface area contributed by atoms with Crippen LogP contribution in [0, 0.1) is 0 Å². The van der Waals surface area contributed by atoms with Crippen molar-refractivity contribution in [3.05, 3.63) is 28.2 Å². The van der Waals surface area contributed by atoms with E-state index in [9.17, 15) is 9.59 Å². The number of benzene rings is 1. The Morgan fingerprint density at radius 2 is 2.11 bits per heavy atom. The van der Waals surface area contributed by atoms with E-state index in [4.69, 9.17) is 23.2 Å². The van der Waals surface area contributed by atoms with Gasteiger partial charge in [-0.2, -0.15) is 0 Å². The fourth-order valence-electron chi connectivity index (χ4n) is 2.10. The maximum absolute atomic E-state index is 12.3. The van der Waals surface area contributed by atoms with E-state index in [2.05, 4.69) is 5.32 Å². The van der Waals surface area contributed by atoms with Crippen LogP contribution in [0.3, 0.4) is 0 Å². The first-order valence-corrected chi connectivity index (χ1v) is 6.84. The fourth-order valence-corrected chi connectivity index (χ4v) is 2.61. The van der Waals surface area contributed by atoms with Crippen LogP contribution < -0.4 is 10.2 Å². The second-order valence-corrected chi connectivity index (χ2v) is 5.27. The van der Waals surface area contributed by atoms with Crippen molar-refractivity contribution in [2.24, 2.45) is 0 Å². The minimum atomic E-state index is -0.474. The number of nitrogens with one attached hydrogen (secondary N) is 1. The van der Waals surface area contributed by atoms with Gasteiger partial charge in [0, 0.05) is 5.02 Å². The molecule has 0 saturated carbocycles. The molecule has 1 heterocycles. The molecule has 2 amide bonds. The summed E-state index contributed by atoms with van der Waals surface area (Å²) in [6, 6.07) is 4.40. The topological polar surface area (TPSA) is 49.4 Å². The molecule has 1 saturated heterocycles. The number of carbonyl (C=O) groups excluding carboxylic acids is 2. The summed E-state index contributed by atoms with van der Waals surface area (Å²) < 4.78 is 0. The molecule has 1 N–H and O–H groups in total. The average Bonchev–Trinajstić information content (AvgIpc) is 2.34. The number of carbonyl (C=O) groups is 2. The quantitative estimate of drug-likeness (QED) is 0.933. The van der Waals surface area contributed by atoms with Gasteiger partial charge < -0.3 is 5.32 Å². The molecule has 0 aliphatic carbocycles. The molecule has 1 atom stereocenters. The minimum Gasteiger partial charge on any atom is -0.343 e. The maximum atomic E-state index is 12.3. The third kappa shape index (κ3) is 3.01. The molecule has 0 spiro atoms. The van der Waals surface area contributed by atoms with Gasteiger partial charge in [0.05, 0.1) is 10.7 Å². The smallest absolute Gasteiger partial charge is 0.250 e. The highest BCUT2D eigenvalue weighted by molar-refractivity contribution is 6.37. The monoisotopic (exact) mass is 300 g/mol. The van der Waals surface area contributed by atoms with Crippen LogP contribution in [0.2, 0.25) is 10.0 Å². The first kappa shape index (κ1) is 14.2. The summed E-state index contributed by atoms with van der Waals surface area (Å²) in [5.41, 5.74) is 0.520. The van der Waals surface area contributed by atoms with Crippen molar-refractivity contribution in [1.82, 2.24) is 5.32 Å². The van der Waals surface area contributed by atoms with Gasteiger partial charge >= 0.3 is 0 Å². The molecule has 1 fully saturated rings. The van der Waals surface area contributed by atoms with E-state index in [-0.39, 0.29) is 18.4 Å². The molecule has 0 bridgehead atoms. The van der Waals surface area contributed by atoms with Crippen LogP contribution >= 0.6 is 23.2 Å². The Morgan fingerprint density at radius 3 is 2.74 bits per heavy atom. The lowest BCUT2D eigenvalue weighted by atomic mass is 10.1. The van der Waals surface area contributed by atoms with Crippen LogP contribution in [0.4, 0.5) is 5.69 Å². The Balaban J connectivity index is 2.31. The van der Waals surface area contributed by atoms with Crippen LogP contribution in [-0.2, 0) is 9.59 Å². The highest BCUT2D eigenvalue weighted by Gasteiger charge is 2.33. The zero-order valence-electron chi connectivity index (χ0n) is 10.5. The van der Waals surface area contributed by atoms with E-state index in [0.29, 0.717) is 22.2 Å². The standard InChI is InChI=1S/C13H14Cl2N2O2/c1-2-3-10-13(19)17(7-12(18)16-10)11-5-4-8(14)6-9(11)15/h4-6,10H,2-3,7H2,1H3,(H,16,18). The molecule has 1 aliphatic rings. The third-order valence-electron chi connectivity index (χ3n) is 2.98. The Hall–Kier alpha value is -1.26. The number of piperazine rings is 1. The van der Waals surface area contributed by atoms with E-state index in [1.54, 1.807) is 18.2 Å². The van der Waals surface area contributed by atoms with Crippen molar-refractivity contribution in [3.8, 4) is 0 Å². The van der Waals surface area contributed by atoms with E-state index >= 15 is 0 Å². The lowest BCUT2D eigenvalue weighted by molar-refractivity contribution is -0.131. The van der Waals surface area contributed by atoms with E-state index in [1.807, 2.05) is 6.92 Å². The molecule has 1 aliphatic heterocycles. The molecule has 0 aromatic heterocycles. The lowest BCUT2D eigenvalue weighted by Gasteiger charge is -2.33. The molecule has 6 heteroatoms. The van der Waals surface area contributed by atoms with Gasteiger partial charge in [-0.25, -0.2) is 0 Å². The summed E-state index contributed by atoms with van der Waals surface area (Å²) in [5.74, 6) is -0.310. The summed E-state index contributed by atoms with van der Waals surface area (Å²) >= 11 is 11.9. The highest BCUT2D eigenvalue weighted by atomic mass is 35.5. The molecular weight excluding hydrogens is 287 g/mol. The van der Waals surface area contributed by atoms with Crippen LogP contribution in [0.5, 0.6) is 0 Å². The van der Waals surface area contributed by atoms with Crippen molar-refractivity contribution < 1.29 is 9.59 Å². The van der Waals surface area contributed by atoms with Crippen LogP contribution in [0.25, 0.3) is 0 Å². The molecule has 1 aromatic rings. The number of rotatable bonds is 3. The van der Waals surface area contributed by atoms with Gasteiger partial charge in [0.25, 0.3) is 0 Å². The van der Waals surface area contributed by atoms with Crippen molar-refractivity contribution in [2.45, 2.75) is 25.8 Å². The summed E-state index contributed by atoms with van der Waals surface area (Å²) in [6.07, 6.45) is 1.44. The molecule has 4 nitrogen and oxygen atoms in total. The lowest BCUT2D eigenvalue weighted by Crippen LogP contribution is -2.58. The Labute approximate surface area is 121 Å². The molecule has 1 aromatic carbocycles. The van der Waals surface area contributed by atoms with Gasteiger partial charge in [-0.15, -0.1) is 0 Å². The van der Waals surface area contributed by atoms with Gasteiger partial charge in [0.2, 0.25) is 11.8 Å². The van der Waals surface area contributed by atoms with Crippen molar-refractivity contribution >= 4 is 40.7 Å². The van der Waals surface area contributed by atoms with Crippen molar-refractivity contribution in [2.75, 3.05) is 11.4 Å². The molecular formula is C13H14Cl2N2O2. The van der Waals surface area contributed by atoms with E-state index < -0.39 is 6.04 Å². The molecule has 0 radical (unpaired) electrons. The van der Waals surface area contributed by atoms with Gasteiger partial charge in [-0.1, -0.05) is 36.5 Å². The molecule has 1 unspecified atom stereocenters. The Bertz CT molecular complexity index is 519. The zero-order chi connectivity index (χ0) is 14.0. The third-order valence-corrected chi connectivity index (χ3v) is 3.52. The van der Waals surface area contributed by atoms with Gasteiger partial charge in [0.15, 0.2) is 0 Å². The first-order chi connectivity index (χ1) is 9.02. The van der Waals surface area contributed by atoms with Crippen LogP contribution in [0.15, 0.2) is 18.2 Å². The summed E-state index contributed by atoms with van der Waals surface area (Å²) in [7, 11) is 0. The largest absolute Gasteiger partial charge is 0.343 e. The minimum absolute atomic E-state index is 0.0135. The number of amides is 2. The van der Waals surface area contributed by atoms with Crippen LogP contribution in [-0.4, -0.2) is 24.4 Å². The second kappa shape index (κ2) is 5.80. The normalized spacial score (nSPS) is 19.5.